The maximum atomic E-state index is 13.3. The van der Waals surface area contributed by atoms with Crippen LogP contribution in [0.3, 0.4) is 0 Å². The molecule has 3 rings (SSSR count). The zero-order valence-electron chi connectivity index (χ0n) is 17.6. The van der Waals surface area contributed by atoms with Crippen molar-refractivity contribution in [2.75, 3.05) is 0 Å². The first-order chi connectivity index (χ1) is 13.6. The van der Waals surface area contributed by atoms with Gasteiger partial charge in [-0.2, -0.15) is 0 Å². The third-order valence-corrected chi connectivity index (χ3v) is 5.86. The third kappa shape index (κ3) is 3.82. The number of rotatable bonds is 10. The summed E-state index contributed by atoms with van der Waals surface area (Å²) >= 11 is 0. The number of unbranched alkanes of at least 4 members (excludes halogenated alkanes) is 6. The molecule has 0 bridgehead atoms. The quantitative estimate of drug-likeness (QED) is 0.365. The molecule has 0 aliphatic heterocycles. The minimum atomic E-state index is -0.00824. The van der Waals surface area contributed by atoms with Crippen LogP contribution in [0.4, 0.5) is 0 Å². The fourth-order valence-corrected chi connectivity index (χ4v) is 4.23. The van der Waals surface area contributed by atoms with Crippen LogP contribution in [0.2, 0.25) is 0 Å². The van der Waals surface area contributed by atoms with Gasteiger partial charge in [-0.25, -0.2) is 9.13 Å². The molecule has 1 heterocycles. The van der Waals surface area contributed by atoms with Crippen molar-refractivity contribution in [2.45, 2.75) is 85.2 Å². The average Bonchev–Trinajstić information content (AvgIpc) is 2.99. The van der Waals surface area contributed by atoms with E-state index in [2.05, 4.69) is 29.9 Å². The normalized spacial score (nSPS) is 13.0. The Hall–Kier alpha value is -2.23. The number of carbonyl (C=O) groups is 2. The molecule has 0 radical (unpaired) electrons. The third-order valence-electron chi connectivity index (χ3n) is 5.86. The van der Waals surface area contributed by atoms with Crippen molar-refractivity contribution in [1.29, 1.82) is 0 Å². The molecule has 0 fully saturated rings. The van der Waals surface area contributed by atoms with Gasteiger partial charge in [0.1, 0.15) is 0 Å². The average molecular weight is 382 g/mol. The molecule has 4 nitrogen and oxygen atoms in total. The lowest BCUT2D eigenvalue weighted by molar-refractivity contribution is -0.704. The van der Waals surface area contributed by atoms with Gasteiger partial charge in [0.2, 0.25) is 23.0 Å². The maximum absolute atomic E-state index is 13.3. The Kier molecular flexibility index (Phi) is 6.82. The second-order valence-corrected chi connectivity index (χ2v) is 7.87. The molecular formula is C24H33N2O2+. The maximum Gasteiger partial charge on any atom is 0.254 e. The molecule has 1 aromatic heterocycles. The van der Waals surface area contributed by atoms with Gasteiger partial charge in [0.15, 0.2) is 0 Å². The van der Waals surface area contributed by atoms with Crippen molar-refractivity contribution in [1.82, 2.24) is 4.57 Å². The summed E-state index contributed by atoms with van der Waals surface area (Å²) in [6, 6.07) is 7.24. The van der Waals surface area contributed by atoms with E-state index in [0.29, 0.717) is 22.5 Å². The Bertz CT molecular complexity index is 864. The molecule has 0 saturated heterocycles. The number of hydrogen-bond donors (Lipinski definition) is 0. The van der Waals surface area contributed by atoms with Crippen LogP contribution < -0.4 is 4.57 Å². The Morgan fingerprint density at radius 2 is 1.43 bits per heavy atom. The Morgan fingerprint density at radius 3 is 2.11 bits per heavy atom. The highest BCUT2D eigenvalue weighted by Crippen LogP contribution is 2.27. The summed E-state index contributed by atoms with van der Waals surface area (Å²) in [4.78, 5) is 26.6. The first kappa shape index (κ1) is 20.5. The van der Waals surface area contributed by atoms with Gasteiger partial charge in [0.05, 0.1) is 13.1 Å². The predicted octanol–water partition coefficient (Wildman–Crippen LogP) is 5.02. The highest BCUT2D eigenvalue weighted by Gasteiger charge is 2.42. The smallest absolute Gasteiger partial charge is 0.254 e. The number of fused-ring (bicyclic) bond motifs is 2. The van der Waals surface area contributed by atoms with E-state index in [1.165, 1.54) is 32.1 Å². The van der Waals surface area contributed by atoms with E-state index < -0.39 is 0 Å². The molecule has 0 N–H and O–H groups in total. The molecule has 150 valence electrons. The van der Waals surface area contributed by atoms with E-state index in [0.717, 1.165) is 38.2 Å². The van der Waals surface area contributed by atoms with Gasteiger partial charge < -0.3 is 0 Å². The van der Waals surface area contributed by atoms with Crippen LogP contribution >= 0.6 is 0 Å². The highest BCUT2D eigenvalue weighted by molar-refractivity contribution is 6.26. The number of benzene rings is 1. The summed E-state index contributed by atoms with van der Waals surface area (Å²) < 4.78 is 4.20. The number of carbonyl (C=O) groups excluding carboxylic acids is 2. The van der Waals surface area contributed by atoms with Crippen molar-refractivity contribution in [3.05, 3.63) is 52.6 Å². The summed E-state index contributed by atoms with van der Waals surface area (Å²) in [6.07, 6.45) is 9.33. The lowest BCUT2D eigenvalue weighted by Gasteiger charge is -2.13. The Morgan fingerprint density at radius 1 is 0.821 bits per heavy atom. The van der Waals surface area contributed by atoms with E-state index in [1.54, 1.807) is 12.1 Å². The van der Waals surface area contributed by atoms with Gasteiger partial charge in [-0.05, 0) is 19.3 Å². The van der Waals surface area contributed by atoms with E-state index in [4.69, 9.17) is 0 Å². The van der Waals surface area contributed by atoms with Gasteiger partial charge in [-0.1, -0.05) is 70.2 Å². The van der Waals surface area contributed by atoms with Crippen molar-refractivity contribution in [3.8, 4) is 0 Å². The van der Waals surface area contributed by atoms with E-state index >= 15 is 0 Å². The van der Waals surface area contributed by atoms with Gasteiger partial charge in [-0.3, -0.25) is 9.59 Å². The standard InChI is InChI=1S/C24H33N2O2/c1-4-6-8-9-10-13-17-26-18(3)25(16-7-5-2)21-22(26)24(28)20-15-12-11-14-19(20)23(21)27/h11-12,14-15H,4-10,13,16-17H2,1-3H3/q+1. The molecule has 0 unspecified atom stereocenters. The van der Waals surface area contributed by atoms with Crippen LogP contribution in [-0.2, 0) is 13.1 Å². The summed E-state index contributed by atoms with van der Waals surface area (Å²) in [5.74, 6) is 1.02. The topological polar surface area (TPSA) is 43.0 Å². The molecular weight excluding hydrogens is 348 g/mol. The van der Waals surface area contributed by atoms with Crippen molar-refractivity contribution < 1.29 is 14.2 Å². The second kappa shape index (κ2) is 9.31. The first-order valence-electron chi connectivity index (χ1n) is 10.9. The number of nitrogens with zero attached hydrogens (tertiary/aromatic N) is 2. The van der Waals surface area contributed by atoms with Crippen LogP contribution in [0.15, 0.2) is 24.3 Å². The molecule has 2 aromatic rings. The minimum Gasteiger partial charge on any atom is -0.284 e. The Balaban J connectivity index is 1.94. The van der Waals surface area contributed by atoms with Crippen molar-refractivity contribution in [2.24, 2.45) is 0 Å². The lowest BCUT2D eigenvalue weighted by Crippen LogP contribution is -2.43. The van der Waals surface area contributed by atoms with Crippen molar-refractivity contribution >= 4 is 11.6 Å². The largest absolute Gasteiger partial charge is 0.284 e. The molecule has 4 heteroatoms. The zero-order valence-corrected chi connectivity index (χ0v) is 17.6. The zero-order chi connectivity index (χ0) is 20.1. The van der Waals surface area contributed by atoms with E-state index in [9.17, 15) is 9.59 Å². The number of hydrogen-bond acceptors (Lipinski definition) is 2. The van der Waals surface area contributed by atoms with E-state index in [1.807, 2.05) is 12.1 Å². The van der Waals surface area contributed by atoms with Gasteiger partial charge in [-0.15, -0.1) is 0 Å². The van der Waals surface area contributed by atoms with Crippen LogP contribution in [0.1, 0.15) is 103 Å². The molecule has 1 aliphatic rings. The van der Waals surface area contributed by atoms with Crippen LogP contribution in [0, 0.1) is 6.92 Å². The minimum absolute atomic E-state index is 0.00506. The number of ketones is 2. The van der Waals surface area contributed by atoms with Gasteiger partial charge >= 0.3 is 0 Å². The molecule has 0 saturated carbocycles. The van der Waals surface area contributed by atoms with Crippen molar-refractivity contribution in [3.63, 3.8) is 0 Å². The summed E-state index contributed by atoms with van der Waals surface area (Å²) in [6.45, 7) is 8.02. The molecule has 0 amide bonds. The monoisotopic (exact) mass is 381 g/mol. The number of imidazole rings is 1. The second-order valence-electron chi connectivity index (χ2n) is 7.87. The van der Waals surface area contributed by atoms with Crippen LogP contribution in [0.25, 0.3) is 0 Å². The number of aromatic nitrogens is 2. The molecule has 1 aromatic carbocycles. The van der Waals surface area contributed by atoms with E-state index in [-0.39, 0.29) is 11.6 Å². The van der Waals surface area contributed by atoms with Crippen LogP contribution in [0.5, 0.6) is 0 Å². The lowest BCUT2D eigenvalue weighted by atomic mass is 9.90. The van der Waals surface area contributed by atoms with Crippen LogP contribution in [-0.4, -0.2) is 16.1 Å². The predicted molar refractivity (Wildman–Crippen MR) is 111 cm³/mol. The first-order valence-corrected chi connectivity index (χ1v) is 10.9. The fraction of sp³-hybridized carbons (Fsp3) is 0.542. The Labute approximate surface area is 168 Å². The summed E-state index contributed by atoms with van der Waals surface area (Å²) in [5.41, 5.74) is 2.29. The molecule has 28 heavy (non-hydrogen) atoms. The highest BCUT2D eigenvalue weighted by atomic mass is 16.1. The van der Waals surface area contributed by atoms with Gasteiger partial charge in [0.25, 0.3) is 5.82 Å². The summed E-state index contributed by atoms with van der Waals surface area (Å²) in [5, 5.41) is 0. The SMILES string of the molecule is CCCCCCCC[n+]1c2c(n(CCCC)c1C)C(=O)c1ccccc1C2=O. The fourth-order valence-electron chi connectivity index (χ4n) is 4.23. The summed E-state index contributed by atoms with van der Waals surface area (Å²) in [7, 11) is 0. The molecule has 0 atom stereocenters. The van der Waals surface area contributed by atoms with Gasteiger partial charge in [0, 0.05) is 18.1 Å². The molecule has 1 aliphatic carbocycles. The molecule has 0 spiro atoms.